The Kier molecular flexibility index (Phi) is 7.84. The summed E-state index contributed by atoms with van der Waals surface area (Å²) in [6.07, 6.45) is 0.640. The van der Waals surface area contributed by atoms with E-state index >= 15 is 0 Å². The van der Waals surface area contributed by atoms with Crippen LogP contribution >= 0.6 is 11.8 Å². The summed E-state index contributed by atoms with van der Waals surface area (Å²) in [7, 11) is 0. The molecule has 0 fully saturated rings. The van der Waals surface area contributed by atoms with E-state index in [4.69, 9.17) is 0 Å². The Labute approximate surface area is 196 Å². The van der Waals surface area contributed by atoms with E-state index in [-0.39, 0.29) is 22.8 Å². The van der Waals surface area contributed by atoms with Crippen molar-refractivity contribution in [3.8, 4) is 0 Å². The molecule has 0 spiro atoms. The summed E-state index contributed by atoms with van der Waals surface area (Å²) >= 11 is 1.43. The minimum absolute atomic E-state index is 0.0727. The third-order valence-corrected chi connectivity index (χ3v) is 6.59. The number of rotatable bonds is 8. The molecule has 0 radical (unpaired) electrons. The van der Waals surface area contributed by atoms with Crippen molar-refractivity contribution in [1.29, 1.82) is 0 Å². The Hall–Kier alpha value is -3.65. The maximum Gasteiger partial charge on any atom is 0.269 e. The molecule has 2 amide bonds. The lowest BCUT2D eigenvalue weighted by Crippen LogP contribution is -2.25. The number of benzene rings is 3. The molecule has 33 heavy (non-hydrogen) atoms. The van der Waals surface area contributed by atoms with Gasteiger partial charge in [-0.3, -0.25) is 19.7 Å². The number of carbonyl (C=O) groups excluding carboxylic acids is 2. The van der Waals surface area contributed by atoms with Gasteiger partial charge in [-0.25, -0.2) is 0 Å². The summed E-state index contributed by atoms with van der Waals surface area (Å²) in [5.74, 6) is -0.441. The third-order valence-electron chi connectivity index (χ3n) is 5.24. The summed E-state index contributed by atoms with van der Waals surface area (Å²) in [5.41, 5.74) is 3.79. The van der Waals surface area contributed by atoms with Gasteiger partial charge in [0.25, 0.3) is 11.6 Å². The van der Waals surface area contributed by atoms with Crippen LogP contribution in [0.2, 0.25) is 0 Å². The van der Waals surface area contributed by atoms with Crippen LogP contribution in [0.1, 0.15) is 34.8 Å². The van der Waals surface area contributed by atoms with E-state index in [1.807, 2.05) is 57.2 Å². The first-order valence-corrected chi connectivity index (χ1v) is 11.4. The number of anilines is 2. The van der Waals surface area contributed by atoms with Gasteiger partial charge in [0.1, 0.15) is 0 Å². The van der Waals surface area contributed by atoms with Crippen LogP contribution in [0.3, 0.4) is 0 Å². The summed E-state index contributed by atoms with van der Waals surface area (Å²) in [5, 5.41) is 16.3. The molecule has 3 aromatic carbocycles. The molecular weight excluding hydrogens is 438 g/mol. The van der Waals surface area contributed by atoms with Crippen LogP contribution in [0.4, 0.5) is 17.1 Å². The number of nitrogens with one attached hydrogen (secondary N) is 2. The number of carbonyl (C=O) groups is 2. The number of hydrogen-bond acceptors (Lipinski definition) is 5. The van der Waals surface area contributed by atoms with Gasteiger partial charge in [0.05, 0.1) is 10.2 Å². The zero-order valence-corrected chi connectivity index (χ0v) is 19.4. The molecule has 170 valence electrons. The van der Waals surface area contributed by atoms with Crippen molar-refractivity contribution in [3.05, 3.63) is 93.5 Å². The van der Waals surface area contributed by atoms with E-state index in [1.165, 1.54) is 36.0 Å². The number of non-ortho nitro benzene ring substituents is 1. The van der Waals surface area contributed by atoms with Crippen molar-refractivity contribution in [3.63, 3.8) is 0 Å². The molecule has 0 aliphatic carbocycles. The molecule has 0 saturated heterocycles. The second-order valence-corrected chi connectivity index (χ2v) is 8.81. The van der Waals surface area contributed by atoms with E-state index < -0.39 is 4.92 Å². The molecule has 3 aromatic rings. The minimum Gasteiger partial charge on any atom is -0.325 e. The standard InChI is InChI=1S/C25H25N3O4S/c1-4-23(25(30)27-22-10-5-7-16(2)17(22)3)33-21-9-6-8-19(15-21)26-24(29)18-11-13-20(14-12-18)28(31)32/h5-15,23H,4H2,1-3H3,(H,26,29)(H,27,30). The Morgan fingerprint density at radius 3 is 2.36 bits per heavy atom. The highest BCUT2D eigenvalue weighted by Gasteiger charge is 2.19. The molecule has 0 aliphatic rings. The van der Waals surface area contributed by atoms with E-state index in [1.54, 1.807) is 6.07 Å². The number of nitro benzene ring substituents is 1. The Bertz CT molecular complexity index is 1180. The Morgan fingerprint density at radius 1 is 1.00 bits per heavy atom. The fraction of sp³-hybridized carbons (Fsp3) is 0.200. The highest BCUT2D eigenvalue weighted by atomic mass is 32.2. The van der Waals surface area contributed by atoms with Gasteiger partial charge in [-0.1, -0.05) is 25.1 Å². The first-order chi connectivity index (χ1) is 15.8. The van der Waals surface area contributed by atoms with Crippen molar-refractivity contribution in [2.24, 2.45) is 0 Å². The maximum atomic E-state index is 12.9. The molecule has 8 heteroatoms. The summed E-state index contributed by atoms with van der Waals surface area (Å²) in [6.45, 7) is 5.95. The second kappa shape index (κ2) is 10.8. The normalized spacial score (nSPS) is 11.5. The van der Waals surface area contributed by atoms with Gasteiger partial charge in [0, 0.05) is 34.0 Å². The van der Waals surface area contributed by atoms with Crippen LogP contribution in [0, 0.1) is 24.0 Å². The lowest BCUT2D eigenvalue weighted by atomic mass is 10.1. The predicted molar refractivity (Wildman–Crippen MR) is 132 cm³/mol. The van der Waals surface area contributed by atoms with Gasteiger partial charge < -0.3 is 10.6 Å². The van der Waals surface area contributed by atoms with Gasteiger partial charge >= 0.3 is 0 Å². The number of amides is 2. The molecule has 0 heterocycles. The van der Waals surface area contributed by atoms with Crippen molar-refractivity contribution >= 4 is 40.6 Å². The monoisotopic (exact) mass is 463 g/mol. The predicted octanol–water partition coefficient (Wildman–Crippen LogP) is 5.97. The SMILES string of the molecule is CCC(Sc1cccc(NC(=O)c2ccc([N+](=O)[O-])cc2)c1)C(=O)Nc1cccc(C)c1C. The van der Waals surface area contributed by atoms with E-state index in [2.05, 4.69) is 10.6 Å². The molecule has 1 unspecified atom stereocenters. The number of thioether (sulfide) groups is 1. The number of hydrogen-bond donors (Lipinski definition) is 2. The molecule has 0 bridgehead atoms. The molecule has 0 saturated carbocycles. The quantitative estimate of drug-likeness (QED) is 0.243. The fourth-order valence-corrected chi connectivity index (χ4v) is 4.18. The molecule has 7 nitrogen and oxygen atoms in total. The first-order valence-electron chi connectivity index (χ1n) is 10.5. The maximum absolute atomic E-state index is 12.9. The van der Waals surface area contributed by atoms with Crippen LogP contribution in [-0.2, 0) is 4.79 Å². The Balaban J connectivity index is 1.67. The van der Waals surface area contributed by atoms with Crippen molar-refractivity contribution in [2.45, 2.75) is 37.3 Å². The summed E-state index contributed by atoms with van der Waals surface area (Å²) in [6, 6.07) is 18.5. The first kappa shape index (κ1) is 24.0. The van der Waals surface area contributed by atoms with Gasteiger partial charge in [0.15, 0.2) is 0 Å². The van der Waals surface area contributed by atoms with Gasteiger partial charge in [-0.05, 0) is 67.8 Å². The van der Waals surface area contributed by atoms with Crippen LogP contribution in [0.15, 0.2) is 71.6 Å². The van der Waals surface area contributed by atoms with E-state index in [0.29, 0.717) is 17.7 Å². The van der Waals surface area contributed by atoms with Crippen LogP contribution in [0.5, 0.6) is 0 Å². The van der Waals surface area contributed by atoms with E-state index in [0.717, 1.165) is 21.7 Å². The average molecular weight is 464 g/mol. The van der Waals surface area contributed by atoms with Crippen molar-refractivity contribution in [1.82, 2.24) is 0 Å². The number of nitrogens with zero attached hydrogens (tertiary/aromatic N) is 1. The van der Waals surface area contributed by atoms with Crippen molar-refractivity contribution < 1.29 is 14.5 Å². The largest absolute Gasteiger partial charge is 0.325 e. The number of aryl methyl sites for hydroxylation is 1. The minimum atomic E-state index is -0.511. The fourth-order valence-electron chi connectivity index (χ4n) is 3.17. The number of nitro groups is 1. The van der Waals surface area contributed by atoms with Gasteiger partial charge in [-0.2, -0.15) is 0 Å². The lowest BCUT2D eigenvalue weighted by molar-refractivity contribution is -0.384. The topological polar surface area (TPSA) is 101 Å². The highest BCUT2D eigenvalue weighted by molar-refractivity contribution is 8.00. The van der Waals surface area contributed by atoms with Gasteiger partial charge in [0.2, 0.25) is 5.91 Å². The van der Waals surface area contributed by atoms with Crippen LogP contribution < -0.4 is 10.6 Å². The van der Waals surface area contributed by atoms with Crippen LogP contribution in [-0.4, -0.2) is 22.0 Å². The molecule has 0 aromatic heterocycles. The smallest absolute Gasteiger partial charge is 0.269 e. The third kappa shape index (κ3) is 6.20. The zero-order valence-electron chi connectivity index (χ0n) is 18.6. The second-order valence-electron chi connectivity index (χ2n) is 7.54. The zero-order chi connectivity index (χ0) is 24.0. The van der Waals surface area contributed by atoms with Crippen LogP contribution in [0.25, 0.3) is 0 Å². The molecule has 1 atom stereocenters. The molecular formula is C25H25N3O4S. The lowest BCUT2D eigenvalue weighted by Gasteiger charge is -2.17. The van der Waals surface area contributed by atoms with Gasteiger partial charge in [-0.15, -0.1) is 11.8 Å². The highest BCUT2D eigenvalue weighted by Crippen LogP contribution is 2.29. The molecule has 0 aliphatic heterocycles. The summed E-state index contributed by atoms with van der Waals surface area (Å²) in [4.78, 5) is 36.5. The average Bonchev–Trinajstić information content (AvgIpc) is 2.80. The van der Waals surface area contributed by atoms with E-state index in [9.17, 15) is 19.7 Å². The van der Waals surface area contributed by atoms with Crippen molar-refractivity contribution in [2.75, 3.05) is 10.6 Å². The molecule has 3 rings (SSSR count). The Morgan fingerprint density at radius 2 is 1.70 bits per heavy atom. The summed E-state index contributed by atoms with van der Waals surface area (Å²) < 4.78 is 0. The molecule has 2 N–H and O–H groups in total.